The zero-order valence-electron chi connectivity index (χ0n) is 11.3. The Balaban J connectivity index is 2.30. The molecule has 1 aromatic rings. The molecule has 1 heterocycles. The first kappa shape index (κ1) is 15.3. The summed E-state index contributed by atoms with van der Waals surface area (Å²) in [6.07, 6.45) is 1.33. The third-order valence-corrected chi connectivity index (χ3v) is 5.65. The Morgan fingerprint density at radius 1 is 1.25 bits per heavy atom. The maximum Gasteiger partial charge on any atom is 0.245 e. The van der Waals surface area contributed by atoms with Crippen LogP contribution in [0.15, 0.2) is 17.0 Å². The summed E-state index contributed by atoms with van der Waals surface area (Å²) in [5.41, 5.74) is 5.67. The number of rotatable bonds is 3. The lowest BCUT2D eigenvalue weighted by Crippen LogP contribution is -2.40. The molecule has 0 bridgehead atoms. The predicted molar refractivity (Wildman–Crippen MR) is 71.6 cm³/mol. The normalized spacial score (nSPS) is 18.4. The summed E-state index contributed by atoms with van der Waals surface area (Å²) in [6.45, 7) is 2.58. The summed E-state index contributed by atoms with van der Waals surface area (Å²) in [5.74, 6) is -1.49. The number of nitrogens with zero attached hydrogens (tertiary/aromatic N) is 1. The average molecular weight is 304 g/mol. The monoisotopic (exact) mass is 304 g/mol. The fraction of sp³-hybridized carbons (Fsp3) is 0.538. The van der Waals surface area contributed by atoms with Gasteiger partial charge in [0, 0.05) is 19.2 Å². The molecule has 0 aromatic heterocycles. The van der Waals surface area contributed by atoms with Gasteiger partial charge in [0.1, 0.15) is 16.5 Å². The van der Waals surface area contributed by atoms with Gasteiger partial charge in [0.25, 0.3) is 0 Å². The van der Waals surface area contributed by atoms with Gasteiger partial charge in [-0.1, -0.05) is 0 Å². The zero-order valence-corrected chi connectivity index (χ0v) is 12.1. The summed E-state index contributed by atoms with van der Waals surface area (Å²) in [7, 11) is -3.91. The minimum atomic E-state index is -3.91. The highest BCUT2D eigenvalue weighted by molar-refractivity contribution is 7.89. The Bertz CT molecular complexity index is 597. The molecule has 112 valence electrons. The van der Waals surface area contributed by atoms with Crippen molar-refractivity contribution in [2.45, 2.75) is 24.7 Å². The van der Waals surface area contributed by atoms with Crippen molar-refractivity contribution in [3.63, 3.8) is 0 Å². The minimum Gasteiger partial charge on any atom is -0.330 e. The van der Waals surface area contributed by atoms with Gasteiger partial charge >= 0.3 is 0 Å². The van der Waals surface area contributed by atoms with Gasteiger partial charge in [0.05, 0.1) is 0 Å². The lowest BCUT2D eigenvalue weighted by Gasteiger charge is -2.30. The maximum absolute atomic E-state index is 13.8. The molecule has 20 heavy (non-hydrogen) atoms. The molecule has 0 unspecified atom stereocenters. The molecule has 0 radical (unpaired) electrons. The van der Waals surface area contributed by atoms with Crippen molar-refractivity contribution in [2.24, 2.45) is 11.7 Å². The van der Waals surface area contributed by atoms with E-state index in [2.05, 4.69) is 0 Å². The van der Waals surface area contributed by atoms with Crippen LogP contribution in [0, 0.1) is 24.5 Å². The second-order valence-electron chi connectivity index (χ2n) is 5.11. The van der Waals surface area contributed by atoms with Crippen LogP contribution >= 0.6 is 0 Å². The molecule has 0 aliphatic carbocycles. The second kappa shape index (κ2) is 5.75. The number of hydrogen-bond donors (Lipinski definition) is 1. The topological polar surface area (TPSA) is 63.4 Å². The van der Waals surface area contributed by atoms with E-state index in [1.54, 1.807) is 0 Å². The van der Waals surface area contributed by atoms with Crippen LogP contribution in [-0.2, 0) is 10.0 Å². The van der Waals surface area contributed by atoms with Crippen LogP contribution in [-0.4, -0.2) is 32.4 Å². The van der Waals surface area contributed by atoms with Crippen LogP contribution < -0.4 is 5.73 Å². The van der Waals surface area contributed by atoms with Crippen LogP contribution in [0.1, 0.15) is 18.4 Å². The van der Waals surface area contributed by atoms with Gasteiger partial charge in [-0.05, 0) is 43.9 Å². The molecule has 1 saturated heterocycles. The largest absolute Gasteiger partial charge is 0.330 e. The van der Waals surface area contributed by atoms with Crippen molar-refractivity contribution in [1.29, 1.82) is 0 Å². The standard InChI is InChI=1S/C13H18F2N2O2S/c1-9-6-13(12(15)7-11(9)14)20(18,19)17-4-2-10(8-16)3-5-17/h6-7,10H,2-5,8,16H2,1H3. The lowest BCUT2D eigenvalue weighted by molar-refractivity contribution is 0.277. The number of aryl methyl sites for hydroxylation is 1. The Morgan fingerprint density at radius 2 is 1.85 bits per heavy atom. The van der Waals surface area contributed by atoms with E-state index in [0.29, 0.717) is 44.5 Å². The molecule has 1 aromatic carbocycles. The van der Waals surface area contributed by atoms with Gasteiger partial charge in [0.2, 0.25) is 10.0 Å². The van der Waals surface area contributed by atoms with Crippen LogP contribution in [0.3, 0.4) is 0 Å². The Hall–Kier alpha value is -1.05. The molecule has 0 saturated carbocycles. The number of benzene rings is 1. The molecule has 1 aliphatic rings. The molecular weight excluding hydrogens is 286 g/mol. The number of sulfonamides is 1. The fourth-order valence-corrected chi connectivity index (χ4v) is 3.95. The van der Waals surface area contributed by atoms with Crippen molar-refractivity contribution in [3.05, 3.63) is 29.3 Å². The highest BCUT2D eigenvalue weighted by atomic mass is 32.2. The smallest absolute Gasteiger partial charge is 0.245 e. The SMILES string of the molecule is Cc1cc(S(=O)(=O)N2CCC(CN)CC2)c(F)cc1F. The van der Waals surface area contributed by atoms with Crippen molar-refractivity contribution in [1.82, 2.24) is 4.31 Å². The predicted octanol–water partition coefficient (Wildman–Crippen LogP) is 1.63. The van der Waals surface area contributed by atoms with Gasteiger partial charge in [-0.15, -0.1) is 0 Å². The molecule has 7 heteroatoms. The molecule has 2 rings (SSSR count). The van der Waals surface area contributed by atoms with Crippen LogP contribution in [0.5, 0.6) is 0 Å². The number of hydrogen-bond acceptors (Lipinski definition) is 3. The Kier molecular flexibility index (Phi) is 4.41. The van der Waals surface area contributed by atoms with Crippen molar-refractivity contribution >= 4 is 10.0 Å². The van der Waals surface area contributed by atoms with E-state index in [0.717, 1.165) is 6.07 Å². The van der Waals surface area contributed by atoms with Gasteiger partial charge in [0.15, 0.2) is 0 Å². The highest BCUT2D eigenvalue weighted by Gasteiger charge is 2.31. The van der Waals surface area contributed by atoms with E-state index in [-0.39, 0.29) is 5.56 Å². The molecule has 0 amide bonds. The van der Waals surface area contributed by atoms with Crippen molar-refractivity contribution in [2.75, 3.05) is 19.6 Å². The number of piperidine rings is 1. The molecule has 1 aliphatic heterocycles. The molecule has 1 fully saturated rings. The molecule has 0 atom stereocenters. The Labute approximate surface area is 117 Å². The number of halogens is 2. The van der Waals surface area contributed by atoms with Crippen LogP contribution in [0.4, 0.5) is 8.78 Å². The number of nitrogens with two attached hydrogens (primary N) is 1. The van der Waals surface area contributed by atoms with E-state index in [9.17, 15) is 17.2 Å². The highest BCUT2D eigenvalue weighted by Crippen LogP contribution is 2.26. The summed E-state index contributed by atoms with van der Waals surface area (Å²) in [5, 5.41) is 0. The van der Waals surface area contributed by atoms with E-state index in [1.807, 2.05) is 0 Å². The summed E-state index contributed by atoms with van der Waals surface area (Å²) in [4.78, 5) is -0.456. The summed E-state index contributed by atoms with van der Waals surface area (Å²) < 4.78 is 53.0. The van der Waals surface area contributed by atoms with Gasteiger partial charge < -0.3 is 5.73 Å². The first-order chi connectivity index (χ1) is 9.36. The average Bonchev–Trinajstić information content (AvgIpc) is 2.42. The fourth-order valence-electron chi connectivity index (χ4n) is 2.35. The summed E-state index contributed by atoms with van der Waals surface area (Å²) >= 11 is 0. The molecular formula is C13H18F2N2O2S. The van der Waals surface area contributed by atoms with Gasteiger partial charge in [-0.3, -0.25) is 0 Å². The zero-order chi connectivity index (χ0) is 14.9. The van der Waals surface area contributed by atoms with E-state index in [4.69, 9.17) is 5.73 Å². The third kappa shape index (κ3) is 2.84. The van der Waals surface area contributed by atoms with Gasteiger partial charge in [-0.2, -0.15) is 4.31 Å². The van der Waals surface area contributed by atoms with Crippen molar-refractivity contribution in [3.8, 4) is 0 Å². The lowest BCUT2D eigenvalue weighted by atomic mass is 9.99. The first-order valence-electron chi connectivity index (χ1n) is 6.52. The Morgan fingerprint density at radius 3 is 2.40 bits per heavy atom. The van der Waals surface area contributed by atoms with E-state index >= 15 is 0 Å². The molecule has 4 nitrogen and oxygen atoms in total. The quantitative estimate of drug-likeness (QED) is 0.923. The summed E-state index contributed by atoms with van der Waals surface area (Å²) in [6, 6.07) is 1.67. The van der Waals surface area contributed by atoms with Crippen LogP contribution in [0.25, 0.3) is 0 Å². The van der Waals surface area contributed by atoms with E-state index in [1.165, 1.54) is 11.2 Å². The molecule has 2 N–H and O–H groups in total. The maximum atomic E-state index is 13.8. The first-order valence-corrected chi connectivity index (χ1v) is 7.96. The van der Waals surface area contributed by atoms with Gasteiger partial charge in [-0.25, -0.2) is 17.2 Å². The minimum absolute atomic E-state index is 0.113. The molecule has 0 spiro atoms. The van der Waals surface area contributed by atoms with Crippen molar-refractivity contribution < 1.29 is 17.2 Å². The second-order valence-corrected chi connectivity index (χ2v) is 7.02. The van der Waals surface area contributed by atoms with Crippen LogP contribution in [0.2, 0.25) is 0 Å². The third-order valence-electron chi connectivity index (χ3n) is 3.74. The van der Waals surface area contributed by atoms with E-state index < -0.39 is 26.6 Å².